The molecule has 152 valence electrons. The summed E-state index contributed by atoms with van der Waals surface area (Å²) in [5.74, 6) is 0.0418. The van der Waals surface area contributed by atoms with Crippen LogP contribution in [0.3, 0.4) is 0 Å². The van der Waals surface area contributed by atoms with E-state index < -0.39 is 0 Å². The van der Waals surface area contributed by atoms with Crippen LogP contribution in [0.5, 0.6) is 0 Å². The fourth-order valence-electron chi connectivity index (χ4n) is 3.74. The second-order valence-electron chi connectivity index (χ2n) is 7.31. The van der Waals surface area contributed by atoms with Crippen LogP contribution in [-0.2, 0) is 9.53 Å². The predicted molar refractivity (Wildman–Crippen MR) is 116 cm³/mol. The van der Waals surface area contributed by atoms with Crippen molar-refractivity contribution < 1.29 is 14.3 Å². The van der Waals surface area contributed by atoms with Crippen molar-refractivity contribution in [2.75, 3.05) is 24.6 Å². The Balaban J connectivity index is 1.59. The number of anilines is 1. The maximum atomic E-state index is 13.0. The third kappa shape index (κ3) is 3.66. The Morgan fingerprint density at radius 2 is 1.87 bits per heavy atom. The van der Waals surface area contributed by atoms with Crippen LogP contribution in [0.25, 0.3) is 0 Å². The molecule has 2 aromatic rings. The Hall–Kier alpha value is -3.24. The molecule has 1 fully saturated rings. The number of allylic oxidation sites excluding steroid dienone is 1. The van der Waals surface area contributed by atoms with Gasteiger partial charge in [-0.3, -0.25) is 9.69 Å². The van der Waals surface area contributed by atoms with Crippen molar-refractivity contribution in [2.45, 2.75) is 19.3 Å². The summed E-state index contributed by atoms with van der Waals surface area (Å²) in [5.41, 5.74) is 4.19. The minimum Gasteiger partial charge on any atom is -0.465 e. The molecule has 0 aromatic heterocycles. The average molecular weight is 420 g/mol. The van der Waals surface area contributed by atoms with Crippen molar-refractivity contribution >= 4 is 29.3 Å². The maximum absolute atomic E-state index is 13.0. The van der Waals surface area contributed by atoms with Gasteiger partial charge in [0.1, 0.15) is 0 Å². The van der Waals surface area contributed by atoms with E-state index in [0.29, 0.717) is 23.7 Å². The monoisotopic (exact) mass is 419 g/mol. The molecule has 0 saturated carbocycles. The Kier molecular flexibility index (Phi) is 5.51. The van der Waals surface area contributed by atoms with Crippen LogP contribution >= 0.6 is 11.8 Å². The van der Waals surface area contributed by atoms with Crippen LogP contribution in [0, 0.1) is 18.3 Å². The maximum Gasteiger partial charge on any atom is 0.337 e. The lowest BCUT2D eigenvalue weighted by atomic mass is 9.86. The molecule has 0 aliphatic carbocycles. The predicted octanol–water partition coefficient (Wildman–Crippen LogP) is 4.00. The zero-order valence-electron chi connectivity index (χ0n) is 16.8. The molecule has 1 amide bonds. The van der Waals surface area contributed by atoms with Crippen LogP contribution < -0.4 is 4.90 Å². The second kappa shape index (κ2) is 8.25. The van der Waals surface area contributed by atoms with E-state index in [1.165, 1.54) is 18.9 Å². The van der Waals surface area contributed by atoms with Crippen molar-refractivity contribution in [3.05, 3.63) is 75.8 Å². The standard InChI is InChI=1S/C23H21N3O3S/c1-15-3-5-16(6-4-15)19-11-21(27)26-13-25(14-30-22(26)20(19)12-24)18-9-7-17(8-10-18)23(28)29-2/h3-10,19H,11,13-14H2,1-2H3/t19-/m1/s1. The first-order valence-electron chi connectivity index (χ1n) is 9.59. The van der Waals surface area contributed by atoms with Crippen LogP contribution in [0.15, 0.2) is 59.1 Å². The number of hydrogen-bond acceptors (Lipinski definition) is 6. The van der Waals surface area contributed by atoms with Gasteiger partial charge in [0.25, 0.3) is 0 Å². The Morgan fingerprint density at radius 1 is 1.17 bits per heavy atom. The molecular weight excluding hydrogens is 398 g/mol. The lowest BCUT2D eigenvalue weighted by molar-refractivity contribution is -0.129. The van der Waals surface area contributed by atoms with Crippen molar-refractivity contribution in [1.29, 1.82) is 5.26 Å². The number of nitriles is 1. The van der Waals surface area contributed by atoms with Crippen molar-refractivity contribution in [2.24, 2.45) is 0 Å². The highest BCUT2D eigenvalue weighted by atomic mass is 32.2. The number of hydrogen-bond donors (Lipinski definition) is 0. The van der Waals surface area contributed by atoms with Crippen LogP contribution in [0.4, 0.5) is 5.69 Å². The molecule has 0 unspecified atom stereocenters. The molecule has 0 bridgehead atoms. The Morgan fingerprint density at radius 3 is 2.50 bits per heavy atom. The minimum absolute atomic E-state index is 0.0120. The first kappa shape index (κ1) is 20.0. The summed E-state index contributed by atoms with van der Waals surface area (Å²) in [6.07, 6.45) is 0.283. The molecule has 4 rings (SSSR count). The molecule has 7 heteroatoms. The lowest BCUT2D eigenvalue weighted by Gasteiger charge is -2.42. The highest BCUT2D eigenvalue weighted by Gasteiger charge is 2.38. The van der Waals surface area contributed by atoms with Gasteiger partial charge in [-0.1, -0.05) is 41.6 Å². The topological polar surface area (TPSA) is 73.6 Å². The Bertz CT molecular complexity index is 1050. The van der Waals surface area contributed by atoms with Gasteiger partial charge >= 0.3 is 5.97 Å². The van der Waals surface area contributed by atoms with Gasteiger partial charge in [-0.2, -0.15) is 5.26 Å². The zero-order valence-corrected chi connectivity index (χ0v) is 17.6. The SMILES string of the molecule is COC(=O)c1ccc(N2CSC3=C(C#N)[C@@H](c4ccc(C)cc4)CC(=O)N3C2)cc1. The van der Waals surface area contributed by atoms with E-state index in [0.717, 1.165) is 21.8 Å². The summed E-state index contributed by atoms with van der Waals surface area (Å²) in [5, 5.41) is 10.6. The third-order valence-corrected chi connectivity index (χ3v) is 6.58. The smallest absolute Gasteiger partial charge is 0.337 e. The lowest BCUT2D eigenvalue weighted by Crippen LogP contribution is -2.47. The number of carbonyl (C=O) groups is 2. The van der Waals surface area contributed by atoms with Gasteiger partial charge in [0.05, 0.1) is 41.9 Å². The number of esters is 1. The molecule has 2 aliphatic rings. The molecule has 0 radical (unpaired) electrons. The second-order valence-corrected chi connectivity index (χ2v) is 8.25. The van der Waals surface area contributed by atoms with E-state index in [1.54, 1.807) is 17.0 Å². The fraction of sp³-hybridized carbons (Fsp3) is 0.261. The van der Waals surface area contributed by atoms with Crippen molar-refractivity contribution in [1.82, 2.24) is 4.90 Å². The quantitative estimate of drug-likeness (QED) is 0.700. The molecule has 2 heterocycles. The molecule has 6 nitrogen and oxygen atoms in total. The fourth-order valence-corrected chi connectivity index (χ4v) is 4.90. The van der Waals surface area contributed by atoms with Gasteiger partial charge in [0.2, 0.25) is 5.91 Å². The highest BCUT2D eigenvalue weighted by Crippen LogP contribution is 2.43. The number of benzene rings is 2. The number of methoxy groups -OCH3 is 1. The van der Waals surface area contributed by atoms with E-state index in [4.69, 9.17) is 4.74 Å². The molecule has 2 aliphatic heterocycles. The summed E-state index contributed by atoms with van der Waals surface area (Å²) in [4.78, 5) is 28.4. The number of rotatable bonds is 3. The van der Waals surface area contributed by atoms with E-state index >= 15 is 0 Å². The van der Waals surface area contributed by atoms with Gasteiger partial charge in [-0.25, -0.2) is 4.79 Å². The molecule has 1 atom stereocenters. The van der Waals surface area contributed by atoms with Crippen LogP contribution in [0.2, 0.25) is 0 Å². The molecule has 0 N–H and O–H groups in total. The number of ether oxygens (including phenoxy) is 1. The summed E-state index contributed by atoms with van der Waals surface area (Å²) in [6.45, 7) is 2.40. The number of aryl methyl sites for hydroxylation is 1. The van der Waals surface area contributed by atoms with Gasteiger partial charge in [0.15, 0.2) is 0 Å². The molecule has 2 aromatic carbocycles. The zero-order chi connectivity index (χ0) is 21.3. The van der Waals surface area contributed by atoms with Gasteiger partial charge in [0, 0.05) is 18.0 Å². The number of fused-ring (bicyclic) bond motifs is 1. The van der Waals surface area contributed by atoms with E-state index in [1.807, 2.05) is 48.2 Å². The number of carbonyl (C=O) groups excluding carboxylic acids is 2. The van der Waals surface area contributed by atoms with Gasteiger partial charge in [-0.15, -0.1) is 0 Å². The van der Waals surface area contributed by atoms with Crippen LogP contribution in [0.1, 0.15) is 33.8 Å². The molecule has 1 saturated heterocycles. The van der Waals surface area contributed by atoms with Gasteiger partial charge in [-0.05, 0) is 36.8 Å². The first-order valence-corrected chi connectivity index (χ1v) is 10.6. The molecule has 30 heavy (non-hydrogen) atoms. The molecule has 0 spiro atoms. The minimum atomic E-state index is -0.383. The number of nitrogens with zero attached hydrogens (tertiary/aromatic N) is 3. The Labute approximate surface area is 179 Å². The normalized spacial score (nSPS) is 18.7. The van der Waals surface area contributed by atoms with E-state index in [2.05, 4.69) is 6.07 Å². The summed E-state index contributed by atoms with van der Waals surface area (Å²) in [7, 11) is 1.35. The summed E-state index contributed by atoms with van der Waals surface area (Å²) < 4.78 is 4.74. The largest absolute Gasteiger partial charge is 0.465 e. The van der Waals surface area contributed by atoms with E-state index in [-0.39, 0.29) is 24.2 Å². The average Bonchev–Trinajstić information content (AvgIpc) is 2.79. The number of amides is 1. The summed E-state index contributed by atoms with van der Waals surface area (Å²) in [6, 6.07) is 17.5. The highest BCUT2D eigenvalue weighted by molar-refractivity contribution is 8.03. The van der Waals surface area contributed by atoms with Crippen molar-refractivity contribution in [3.63, 3.8) is 0 Å². The van der Waals surface area contributed by atoms with Crippen molar-refractivity contribution in [3.8, 4) is 6.07 Å². The number of thioether (sulfide) groups is 1. The molecular formula is C23H21N3O3S. The summed E-state index contributed by atoms with van der Waals surface area (Å²) >= 11 is 1.50. The third-order valence-electron chi connectivity index (χ3n) is 5.43. The first-order chi connectivity index (χ1) is 14.5. The van der Waals surface area contributed by atoms with Crippen LogP contribution in [-0.4, -0.2) is 36.4 Å². The van der Waals surface area contributed by atoms with Gasteiger partial charge < -0.3 is 9.64 Å². The van der Waals surface area contributed by atoms with E-state index in [9.17, 15) is 14.9 Å².